The SMILES string of the molecule is CC(C)CC(CNC(=O)c1ccc(COc2ccccc2C#N)o1)N1CCOCC1. The van der Waals surface area contributed by atoms with E-state index in [4.69, 9.17) is 19.2 Å². The zero-order valence-corrected chi connectivity index (χ0v) is 17.6. The summed E-state index contributed by atoms with van der Waals surface area (Å²) in [5, 5.41) is 12.1. The largest absolute Gasteiger partial charge is 0.484 e. The Morgan fingerprint density at radius 2 is 2.00 bits per heavy atom. The lowest BCUT2D eigenvalue weighted by Crippen LogP contribution is -2.49. The number of ether oxygens (including phenoxy) is 2. The van der Waals surface area contributed by atoms with Crippen LogP contribution in [0.15, 0.2) is 40.8 Å². The maximum absolute atomic E-state index is 12.6. The van der Waals surface area contributed by atoms with Gasteiger partial charge in [-0.1, -0.05) is 26.0 Å². The van der Waals surface area contributed by atoms with Gasteiger partial charge < -0.3 is 19.2 Å². The minimum Gasteiger partial charge on any atom is -0.484 e. The third kappa shape index (κ3) is 6.09. The summed E-state index contributed by atoms with van der Waals surface area (Å²) in [7, 11) is 0. The van der Waals surface area contributed by atoms with E-state index in [0.29, 0.717) is 29.5 Å². The van der Waals surface area contributed by atoms with Crippen LogP contribution in [0.25, 0.3) is 0 Å². The number of morpholine rings is 1. The van der Waals surface area contributed by atoms with Gasteiger partial charge in [-0.05, 0) is 36.6 Å². The molecule has 1 atom stereocenters. The van der Waals surface area contributed by atoms with Crippen molar-refractivity contribution in [2.24, 2.45) is 5.92 Å². The Balaban J connectivity index is 1.54. The Bertz CT molecular complexity index is 865. The molecule has 0 spiro atoms. The highest BCUT2D eigenvalue weighted by Crippen LogP contribution is 2.19. The van der Waals surface area contributed by atoms with Crippen LogP contribution in [0.1, 0.15) is 42.1 Å². The van der Waals surface area contributed by atoms with E-state index in [0.717, 1.165) is 32.7 Å². The van der Waals surface area contributed by atoms with Crippen LogP contribution in [0.2, 0.25) is 0 Å². The predicted octanol–water partition coefficient (Wildman–Crippen LogP) is 3.21. The van der Waals surface area contributed by atoms with E-state index in [1.807, 2.05) is 0 Å². The molecular weight excluding hydrogens is 382 g/mol. The number of benzene rings is 1. The summed E-state index contributed by atoms with van der Waals surface area (Å²) in [6, 6.07) is 12.7. The molecule has 0 radical (unpaired) electrons. The summed E-state index contributed by atoms with van der Waals surface area (Å²) in [5.74, 6) is 1.58. The molecule has 3 rings (SSSR count). The fraction of sp³-hybridized carbons (Fsp3) is 0.478. The van der Waals surface area contributed by atoms with Gasteiger partial charge in [-0.15, -0.1) is 0 Å². The van der Waals surface area contributed by atoms with Gasteiger partial charge in [0.05, 0.1) is 18.8 Å². The third-order valence-electron chi connectivity index (χ3n) is 5.07. The summed E-state index contributed by atoms with van der Waals surface area (Å²) in [5.41, 5.74) is 0.460. The van der Waals surface area contributed by atoms with E-state index in [1.54, 1.807) is 36.4 Å². The summed E-state index contributed by atoms with van der Waals surface area (Å²) in [6.45, 7) is 8.35. The van der Waals surface area contributed by atoms with Crippen molar-refractivity contribution in [2.75, 3.05) is 32.8 Å². The molecule has 0 bridgehead atoms. The number of para-hydroxylation sites is 1. The van der Waals surface area contributed by atoms with Gasteiger partial charge in [0.15, 0.2) is 5.76 Å². The Morgan fingerprint density at radius 1 is 1.23 bits per heavy atom. The first-order valence-electron chi connectivity index (χ1n) is 10.4. The predicted molar refractivity (Wildman–Crippen MR) is 112 cm³/mol. The van der Waals surface area contributed by atoms with Crippen LogP contribution in [0.3, 0.4) is 0 Å². The van der Waals surface area contributed by atoms with Crippen molar-refractivity contribution in [3.05, 3.63) is 53.5 Å². The fourth-order valence-corrected chi connectivity index (χ4v) is 3.56. The van der Waals surface area contributed by atoms with E-state index in [1.165, 1.54) is 0 Å². The first kappa shape index (κ1) is 21.9. The van der Waals surface area contributed by atoms with Gasteiger partial charge in [-0.2, -0.15) is 5.26 Å². The highest BCUT2D eigenvalue weighted by molar-refractivity contribution is 5.91. The molecule has 1 N–H and O–H groups in total. The number of amides is 1. The highest BCUT2D eigenvalue weighted by atomic mass is 16.5. The smallest absolute Gasteiger partial charge is 0.287 e. The van der Waals surface area contributed by atoms with Gasteiger partial charge in [-0.25, -0.2) is 0 Å². The normalized spacial score (nSPS) is 15.5. The van der Waals surface area contributed by atoms with Crippen LogP contribution in [0.4, 0.5) is 0 Å². The number of carbonyl (C=O) groups is 1. The van der Waals surface area contributed by atoms with Crippen molar-refractivity contribution in [1.29, 1.82) is 5.26 Å². The highest BCUT2D eigenvalue weighted by Gasteiger charge is 2.23. The summed E-state index contributed by atoms with van der Waals surface area (Å²) in [4.78, 5) is 15.0. The van der Waals surface area contributed by atoms with Crippen molar-refractivity contribution in [1.82, 2.24) is 10.2 Å². The zero-order chi connectivity index (χ0) is 21.3. The van der Waals surface area contributed by atoms with Crippen LogP contribution in [-0.4, -0.2) is 49.7 Å². The molecular formula is C23H29N3O4. The van der Waals surface area contributed by atoms with Crippen molar-refractivity contribution in [3.8, 4) is 11.8 Å². The van der Waals surface area contributed by atoms with E-state index < -0.39 is 0 Å². The first-order chi connectivity index (χ1) is 14.6. The van der Waals surface area contributed by atoms with Gasteiger partial charge in [0, 0.05) is 25.7 Å². The number of hydrogen-bond acceptors (Lipinski definition) is 6. The summed E-state index contributed by atoms with van der Waals surface area (Å²) < 4.78 is 16.8. The molecule has 7 nitrogen and oxygen atoms in total. The quantitative estimate of drug-likeness (QED) is 0.682. The summed E-state index contributed by atoms with van der Waals surface area (Å²) >= 11 is 0. The Morgan fingerprint density at radius 3 is 2.73 bits per heavy atom. The average molecular weight is 412 g/mol. The lowest BCUT2D eigenvalue weighted by atomic mass is 10.0. The van der Waals surface area contributed by atoms with Gasteiger partial charge in [-0.3, -0.25) is 9.69 Å². The minimum atomic E-state index is -0.235. The molecule has 2 aromatic rings. The molecule has 1 aromatic carbocycles. The second-order valence-corrected chi connectivity index (χ2v) is 7.80. The molecule has 0 aliphatic carbocycles. The lowest BCUT2D eigenvalue weighted by molar-refractivity contribution is 0.0124. The molecule has 1 aliphatic heterocycles. The fourth-order valence-electron chi connectivity index (χ4n) is 3.56. The minimum absolute atomic E-state index is 0.149. The average Bonchev–Trinajstić information content (AvgIpc) is 3.24. The van der Waals surface area contributed by atoms with E-state index in [2.05, 4.69) is 30.1 Å². The monoisotopic (exact) mass is 411 g/mol. The number of rotatable bonds is 9. The van der Waals surface area contributed by atoms with E-state index >= 15 is 0 Å². The van der Waals surface area contributed by atoms with Crippen LogP contribution in [0.5, 0.6) is 5.75 Å². The molecule has 1 saturated heterocycles. The first-order valence-corrected chi connectivity index (χ1v) is 10.4. The molecule has 1 aliphatic rings. The van der Waals surface area contributed by atoms with Gasteiger partial charge in [0.1, 0.15) is 24.2 Å². The second kappa shape index (κ2) is 10.8. The standard InChI is InChI=1S/C23H29N3O4/c1-17(2)13-19(26-9-11-28-12-10-26)15-25-23(27)22-8-7-20(30-22)16-29-21-6-4-3-5-18(21)14-24/h3-8,17,19H,9-13,15-16H2,1-2H3,(H,25,27). The number of hydrogen-bond donors (Lipinski definition) is 1. The molecule has 1 fully saturated rings. The van der Waals surface area contributed by atoms with E-state index in [-0.39, 0.29) is 24.3 Å². The number of carbonyl (C=O) groups excluding carboxylic acids is 1. The van der Waals surface area contributed by atoms with E-state index in [9.17, 15) is 4.79 Å². The molecule has 30 heavy (non-hydrogen) atoms. The lowest BCUT2D eigenvalue weighted by Gasteiger charge is -2.35. The van der Waals surface area contributed by atoms with Crippen molar-refractivity contribution in [2.45, 2.75) is 32.9 Å². The Hall–Kier alpha value is -2.82. The molecule has 0 saturated carbocycles. The zero-order valence-electron chi connectivity index (χ0n) is 17.6. The van der Waals surface area contributed by atoms with Crippen molar-refractivity contribution < 1.29 is 18.7 Å². The van der Waals surface area contributed by atoms with Crippen LogP contribution in [0, 0.1) is 17.2 Å². The molecule has 2 heterocycles. The van der Waals surface area contributed by atoms with Crippen LogP contribution >= 0.6 is 0 Å². The van der Waals surface area contributed by atoms with Crippen molar-refractivity contribution in [3.63, 3.8) is 0 Å². The van der Waals surface area contributed by atoms with Gasteiger partial charge in [0.2, 0.25) is 0 Å². The molecule has 160 valence electrons. The van der Waals surface area contributed by atoms with Crippen molar-refractivity contribution >= 4 is 5.91 Å². The third-order valence-corrected chi connectivity index (χ3v) is 5.07. The molecule has 1 aromatic heterocycles. The number of nitrogens with one attached hydrogen (secondary N) is 1. The number of nitriles is 1. The molecule has 7 heteroatoms. The maximum Gasteiger partial charge on any atom is 0.287 e. The summed E-state index contributed by atoms with van der Waals surface area (Å²) in [6.07, 6.45) is 1.01. The topological polar surface area (TPSA) is 87.7 Å². The Kier molecular flexibility index (Phi) is 7.89. The number of furan rings is 1. The van der Waals surface area contributed by atoms with Crippen LogP contribution in [-0.2, 0) is 11.3 Å². The molecule has 1 unspecified atom stereocenters. The molecule has 1 amide bonds. The van der Waals surface area contributed by atoms with Crippen LogP contribution < -0.4 is 10.1 Å². The van der Waals surface area contributed by atoms with Gasteiger partial charge >= 0.3 is 0 Å². The second-order valence-electron chi connectivity index (χ2n) is 7.80. The number of nitrogens with zero attached hydrogens (tertiary/aromatic N) is 2. The van der Waals surface area contributed by atoms with Gasteiger partial charge in [0.25, 0.3) is 5.91 Å². The maximum atomic E-state index is 12.6. The Labute approximate surface area is 177 Å².